The number of nitrogens with zero attached hydrogens (tertiary/aromatic N) is 3. The minimum Gasteiger partial charge on any atom is -0.369 e. The first-order valence-electron chi connectivity index (χ1n) is 5.81. The van der Waals surface area contributed by atoms with Gasteiger partial charge in [0.15, 0.2) is 0 Å². The van der Waals surface area contributed by atoms with Gasteiger partial charge in [-0.1, -0.05) is 0 Å². The lowest BCUT2D eigenvalue weighted by Crippen LogP contribution is -2.37. The Labute approximate surface area is 106 Å². The molecule has 1 aromatic heterocycles. The van der Waals surface area contributed by atoms with Crippen molar-refractivity contribution < 1.29 is 4.79 Å². The summed E-state index contributed by atoms with van der Waals surface area (Å²) in [5, 5.41) is 0. The maximum Gasteiger partial charge on any atom is 0.239 e. The summed E-state index contributed by atoms with van der Waals surface area (Å²) in [6.07, 6.45) is 2.44. The number of rotatable bonds is 3. The summed E-state index contributed by atoms with van der Waals surface area (Å²) >= 11 is 0. The van der Waals surface area contributed by atoms with Gasteiger partial charge in [0, 0.05) is 24.8 Å². The minimum absolute atomic E-state index is 0.270. The number of nitrogens with two attached hydrogens (primary N) is 2. The van der Waals surface area contributed by atoms with Crippen LogP contribution in [-0.2, 0) is 4.79 Å². The van der Waals surface area contributed by atoms with Crippen molar-refractivity contribution in [3.63, 3.8) is 0 Å². The highest BCUT2D eigenvalue weighted by Gasteiger charge is 2.39. The summed E-state index contributed by atoms with van der Waals surface area (Å²) in [6, 6.07) is 0. The van der Waals surface area contributed by atoms with E-state index in [0.29, 0.717) is 12.5 Å². The smallest absolute Gasteiger partial charge is 0.239 e. The first-order valence-corrected chi connectivity index (χ1v) is 5.81. The molecule has 5 N–H and O–H groups in total. The number of anilines is 2. The summed E-state index contributed by atoms with van der Waals surface area (Å²) < 4.78 is 0. The van der Waals surface area contributed by atoms with E-state index >= 15 is 0 Å². The molecular weight excluding hydrogens is 232 g/mol. The Kier molecular flexibility index (Phi) is 3.08. The number of nitrogen functional groups attached to an aromatic ring is 1. The third-order valence-electron chi connectivity index (χ3n) is 3.44. The van der Waals surface area contributed by atoms with Crippen molar-refractivity contribution in [2.75, 3.05) is 23.4 Å². The van der Waals surface area contributed by atoms with Gasteiger partial charge in [-0.15, -0.1) is 0 Å². The quantitative estimate of drug-likeness (QED) is 0.505. The van der Waals surface area contributed by atoms with Crippen LogP contribution in [0.15, 0.2) is 6.20 Å². The molecule has 0 spiro atoms. The van der Waals surface area contributed by atoms with Crippen LogP contribution in [-0.4, -0.2) is 29.0 Å². The maximum absolute atomic E-state index is 11.4. The Hall–Kier alpha value is -1.89. The number of aryl methyl sites for hydroxylation is 1. The van der Waals surface area contributed by atoms with Crippen molar-refractivity contribution in [3.05, 3.63) is 11.8 Å². The number of hydrogen-bond donors (Lipinski definition) is 3. The van der Waals surface area contributed by atoms with Crippen LogP contribution in [0.4, 0.5) is 11.8 Å². The third kappa shape index (κ3) is 2.08. The topological polar surface area (TPSA) is 110 Å². The lowest BCUT2D eigenvalue weighted by atomic mass is 9.89. The molecule has 1 amide bonds. The molecule has 2 rings (SSSR count). The molecule has 1 aliphatic heterocycles. The lowest BCUT2D eigenvalue weighted by molar-refractivity contribution is -0.125. The molecule has 7 heteroatoms. The molecule has 1 atom stereocenters. The van der Waals surface area contributed by atoms with Crippen LogP contribution < -0.4 is 21.9 Å². The average molecular weight is 250 g/mol. The molecule has 18 heavy (non-hydrogen) atoms. The van der Waals surface area contributed by atoms with Crippen LogP contribution in [0.3, 0.4) is 0 Å². The molecule has 1 unspecified atom stereocenters. The van der Waals surface area contributed by atoms with Crippen LogP contribution in [0, 0.1) is 12.3 Å². The number of hydrogen-bond acceptors (Lipinski definition) is 6. The molecule has 0 bridgehead atoms. The highest BCUT2D eigenvalue weighted by Crippen LogP contribution is 2.33. The molecule has 7 nitrogen and oxygen atoms in total. The normalized spacial score (nSPS) is 23.2. The molecule has 0 aromatic carbocycles. The van der Waals surface area contributed by atoms with E-state index in [1.807, 2.05) is 18.7 Å². The number of carbonyl (C=O) groups excluding carboxylic acids is 1. The van der Waals surface area contributed by atoms with Crippen LogP contribution in [0.25, 0.3) is 0 Å². The van der Waals surface area contributed by atoms with Gasteiger partial charge >= 0.3 is 0 Å². The molecule has 1 aliphatic rings. The highest BCUT2D eigenvalue weighted by molar-refractivity contribution is 5.82. The van der Waals surface area contributed by atoms with E-state index in [9.17, 15) is 4.79 Å². The second kappa shape index (κ2) is 4.41. The Morgan fingerprint density at radius 2 is 2.33 bits per heavy atom. The molecule has 0 saturated carbocycles. The third-order valence-corrected chi connectivity index (χ3v) is 3.44. The Morgan fingerprint density at radius 1 is 1.61 bits per heavy atom. The summed E-state index contributed by atoms with van der Waals surface area (Å²) in [6.45, 7) is 5.13. The maximum atomic E-state index is 11.4. The molecule has 0 radical (unpaired) electrons. The zero-order valence-electron chi connectivity index (χ0n) is 10.6. The van der Waals surface area contributed by atoms with E-state index < -0.39 is 5.41 Å². The number of carbonyl (C=O) groups is 1. The van der Waals surface area contributed by atoms with Crippen LogP contribution >= 0.6 is 0 Å². The fraction of sp³-hybridized carbons (Fsp3) is 0.545. The van der Waals surface area contributed by atoms with Gasteiger partial charge in [-0.3, -0.25) is 10.2 Å². The minimum atomic E-state index is -0.492. The molecule has 98 valence electrons. The Morgan fingerprint density at radius 3 is 2.89 bits per heavy atom. The standard InChI is InChI=1S/C11H18N6O/c1-7-5-14-10(16-13)15-8(7)17-4-3-11(2,6-17)9(12)18/h5H,3-4,6,13H2,1-2H3,(H2,12,18)(H,14,15,16). The molecule has 0 aliphatic carbocycles. The summed E-state index contributed by atoms with van der Waals surface area (Å²) in [5.74, 6) is 6.19. The number of amides is 1. The van der Waals surface area contributed by atoms with Gasteiger partial charge in [-0.25, -0.2) is 10.8 Å². The largest absolute Gasteiger partial charge is 0.369 e. The zero-order chi connectivity index (χ0) is 13.3. The van der Waals surface area contributed by atoms with Gasteiger partial charge in [0.1, 0.15) is 5.82 Å². The Balaban J connectivity index is 2.26. The van der Waals surface area contributed by atoms with E-state index in [2.05, 4.69) is 15.4 Å². The van der Waals surface area contributed by atoms with Crippen molar-refractivity contribution in [1.82, 2.24) is 9.97 Å². The lowest BCUT2D eigenvalue weighted by Gasteiger charge is -2.23. The van der Waals surface area contributed by atoms with Gasteiger partial charge in [-0.2, -0.15) is 4.98 Å². The van der Waals surface area contributed by atoms with Gasteiger partial charge < -0.3 is 10.6 Å². The summed E-state index contributed by atoms with van der Waals surface area (Å²) in [4.78, 5) is 21.8. The van der Waals surface area contributed by atoms with Crippen molar-refractivity contribution in [3.8, 4) is 0 Å². The van der Waals surface area contributed by atoms with Crippen molar-refractivity contribution in [1.29, 1.82) is 0 Å². The first-order chi connectivity index (χ1) is 8.46. The van der Waals surface area contributed by atoms with Crippen LogP contribution in [0.1, 0.15) is 18.9 Å². The SMILES string of the molecule is Cc1cnc(NN)nc1N1CCC(C)(C(N)=O)C1. The molecule has 1 aromatic rings. The zero-order valence-corrected chi connectivity index (χ0v) is 10.6. The van der Waals surface area contributed by atoms with E-state index in [-0.39, 0.29) is 5.91 Å². The van der Waals surface area contributed by atoms with Gasteiger partial charge in [0.05, 0.1) is 5.41 Å². The van der Waals surface area contributed by atoms with Gasteiger partial charge in [-0.05, 0) is 20.3 Å². The first kappa shape index (κ1) is 12.6. The number of nitrogens with one attached hydrogen (secondary N) is 1. The predicted octanol–water partition coefficient (Wildman–Crippen LogP) is -0.228. The Bertz CT molecular complexity index is 477. The van der Waals surface area contributed by atoms with Crippen molar-refractivity contribution in [2.24, 2.45) is 17.0 Å². The predicted molar refractivity (Wildman–Crippen MR) is 68.7 cm³/mol. The van der Waals surface area contributed by atoms with Crippen LogP contribution in [0.2, 0.25) is 0 Å². The number of primary amides is 1. The molecule has 2 heterocycles. The molecular formula is C11H18N6O. The summed E-state index contributed by atoms with van der Waals surface area (Å²) in [7, 11) is 0. The van der Waals surface area contributed by atoms with Gasteiger partial charge in [0.25, 0.3) is 0 Å². The van der Waals surface area contributed by atoms with E-state index in [0.717, 1.165) is 24.3 Å². The monoisotopic (exact) mass is 250 g/mol. The fourth-order valence-electron chi connectivity index (χ4n) is 2.17. The number of hydrazine groups is 1. The van der Waals surface area contributed by atoms with E-state index in [4.69, 9.17) is 11.6 Å². The second-order valence-electron chi connectivity index (χ2n) is 4.94. The number of aromatic nitrogens is 2. The summed E-state index contributed by atoms with van der Waals surface area (Å²) in [5.41, 5.74) is 8.31. The van der Waals surface area contributed by atoms with Gasteiger partial charge in [0.2, 0.25) is 11.9 Å². The fourth-order valence-corrected chi connectivity index (χ4v) is 2.17. The average Bonchev–Trinajstić information content (AvgIpc) is 2.74. The van der Waals surface area contributed by atoms with E-state index in [1.54, 1.807) is 6.20 Å². The van der Waals surface area contributed by atoms with Crippen LogP contribution in [0.5, 0.6) is 0 Å². The van der Waals surface area contributed by atoms with Crippen molar-refractivity contribution in [2.45, 2.75) is 20.3 Å². The molecule has 1 saturated heterocycles. The molecule has 1 fully saturated rings. The van der Waals surface area contributed by atoms with E-state index in [1.165, 1.54) is 0 Å². The second-order valence-corrected chi connectivity index (χ2v) is 4.94. The van der Waals surface area contributed by atoms with Crippen molar-refractivity contribution >= 4 is 17.7 Å². The highest BCUT2D eigenvalue weighted by atomic mass is 16.1.